The first-order valence-corrected chi connectivity index (χ1v) is 12.1. The van der Waals surface area contributed by atoms with Gasteiger partial charge in [-0.15, -0.1) is 11.3 Å². The van der Waals surface area contributed by atoms with Gasteiger partial charge in [-0.3, -0.25) is 14.2 Å². The standard InChI is InChI=1S/C22H29N3O3S2/c1-5-16(20(26)24(6-2)7-3)30-22-23-18-15-11-8-9-12-17(15)29-19(18)21(27)25(22)13-10-14-28-4/h8-9,11-12,16H,5-7,10,13-14H2,1-4H3/t16-/m1/s1. The molecule has 1 amide bonds. The van der Waals surface area contributed by atoms with Crippen molar-refractivity contribution in [2.75, 3.05) is 26.8 Å². The summed E-state index contributed by atoms with van der Waals surface area (Å²) in [6.45, 7) is 8.41. The molecule has 0 aliphatic carbocycles. The number of nitrogens with zero attached hydrogens (tertiary/aromatic N) is 3. The van der Waals surface area contributed by atoms with Crippen molar-refractivity contribution in [3.05, 3.63) is 34.6 Å². The number of amides is 1. The highest BCUT2D eigenvalue weighted by molar-refractivity contribution is 8.00. The molecule has 30 heavy (non-hydrogen) atoms. The minimum atomic E-state index is -0.271. The van der Waals surface area contributed by atoms with Gasteiger partial charge in [0, 0.05) is 43.4 Å². The van der Waals surface area contributed by atoms with E-state index < -0.39 is 0 Å². The Hall–Kier alpha value is -1.90. The van der Waals surface area contributed by atoms with Crippen LogP contribution in [-0.2, 0) is 16.1 Å². The number of carbonyl (C=O) groups is 1. The van der Waals surface area contributed by atoms with Crippen LogP contribution in [0.5, 0.6) is 0 Å². The first-order chi connectivity index (χ1) is 14.5. The normalized spacial score (nSPS) is 12.5. The summed E-state index contributed by atoms with van der Waals surface area (Å²) in [5.41, 5.74) is 0.696. The molecule has 162 valence electrons. The lowest BCUT2D eigenvalue weighted by molar-refractivity contribution is -0.130. The summed E-state index contributed by atoms with van der Waals surface area (Å²) < 4.78 is 8.62. The largest absolute Gasteiger partial charge is 0.385 e. The molecule has 0 aliphatic heterocycles. The number of hydrogen-bond acceptors (Lipinski definition) is 6. The van der Waals surface area contributed by atoms with Gasteiger partial charge in [-0.05, 0) is 32.8 Å². The zero-order chi connectivity index (χ0) is 21.7. The van der Waals surface area contributed by atoms with E-state index in [0.717, 1.165) is 15.6 Å². The highest BCUT2D eigenvalue weighted by Gasteiger charge is 2.25. The molecule has 0 bridgehead atoms. The first-order valence-electron chi connectivity index (χ1n) is 10.4. The average Bonchev–Trinajstić information content (AvgIpc) is 3.13. The van der Waals surface area contributed by atoms with E-state index in [1.807, 2.05) is 49.9 Å². The molecule has 8 heteroatoms. The van der Waals surface area contributed by atoms with E-state index in [2.05, 4.69) is 0 Å². The third kappa shape index (κ3) is 4.55. The highest BCUT2D eigenvalue weighted by atomic mass is 32.2. The monoisotopic (exact) mass is 447 g/mol. The molecule has 0 fully saturated rings. The molecule has 3 aromatic rings. The van der Waals surface area contributed by atoms with Gasteiger partial charge < -0.3 is 9.64 Å². The Kier molecular flexibility index (Phi) is 7.91. The van der Waals surface area contributed by atoms with Crippen molar-refractivity contribution in [1.82, 2.24) is 14.5 Å². The summed E-state index contributed by atoms with van der Waals surface area (Å²) in [6, 6.07) is 7.96. The lowest BCUT2D eigenvalue weighted by atomic mass is 10.2. The molecule has 0 aliphatic rings. The maximum Gasteiger partial charge on any atom is 0.272 e. The Morgan fingerprint density at radius 2 is 2.00 bits per heavy atom. The van der Waals surface area contributed by atoms with Crippen LogP contribution < -0.4 is 5.56 Å². The van der Waals surface area contributed by atoms with Crippen molar-refractivity contribution in [1.29, 1.82) is 0 Å². The van der Waals surface area contributed by atoms with Gasteiger partial charge in [0.2, 0.25) is 5.91 Å². The molecule has 6 nitrogen and oxygen atoms in total. The van der Waals surface area contributed by atoms with E-state index in [9.17, 15) is 9.59 Å². The van der Waals surface area contributed by atoms with Crippen LogP contribution in [0.15, 0.2) is 34.2 Å². The number of thioether (sulfide) groups is 1. The van der Waals surface area contributed by atoms with Crippen molar-refractivity contribution in [2.24, 2.45) is 0 Å². The molecule has 1 aromatic carbocycles. The van der Waals surface area contributed by atoms with Crippen molar-refractivity contribution in [2.45, 2.75) is 50.6 Å². The third-order valence-electron chi connectivity index (χ3n) is 5.15. The summed E-state index contributed by atoms with van der Waals surface area (Å²) in [7, 11) is 1.65. The van der Waals surface area contributed by atoms with Crippen LogP contribution in [0.1, 0.15) is 33.6 Å². The Morgan fingerprint density at radius 1 is 1.27 bits per heavy atom. The fourth-order valence-corrected chi connectivity index (χ4v) is 5.69. The predicted molar refractivity (Wildman–Crippen MR) is 126 cm³/mol. The van der Waals surface area contributed by atoms with Crippen LogP contribution in [-0.4, -0.2) is 52.4 Å². The van der Waals surface area contributed by atoms with Gasteiger partial charge in [0.1, 0.15) is 4.70 Å². The topological polar surface area (TPSA) is 64.4 Å². The Morgan fingerprint density at radius 3 is 2.67 bits per heavy atom. The third-order valence-corrected chi connectivity index (χ3v) is 7.64. The number of benzene rings is 1. The highest BCUT2D eigenvalue weighted by Crippen LogP contribution is 2.33. The number of carbonyl (C=O) groups excluding carboxylic acids is 1. The second-order valence-electron chi connectivity index (χ2n) is 7.00. The zero-order valence-corrected chi connectivity index (χ0v) is 19.6. The van der Waals surface area contributed by atoms with Gasteiger partial charge in [0.25, 0.3) is 5.56 Å². The van der Waals surface area contributed by atoms with E-state index in [-0.39, 0.29) is 16.7 Å². The summed E-state index contributed by atoms with van der Waals surface area (Å²) >= 11 is 2.89. The Labute approximate surface area is 185 Å². The van der Waals surface area contributed by atoms with Crippen LogP contribution in [0.2, 0.25) is 0 Å². The molecule has 2 heterocycles. The number of methoxy groups -OCH3 is 1. The van der Waals surface area contributed by atoms with Gasteiger partial charge in [-0.25, -0.2) is 4.98 Å². The number of thiophene rings is 1. The lowest BCUT2D eigenvalue weighted by Crippen LogP contribution is -2.37. The first kappa shape index (κ1) is 22.8. The number of fused-ring (bicyclic) bond motifs is 3. The summed E-state index contributed by atoms with van der Waals surface area (Å²) in [4.78, 5) is 33.1. The van der Waals surface area contributed by atoms with Crippen molar-refractivity contribution in [3.8, 4) is 0 Å². The molecule has 0 saturated carbocycles. The van der Waals surface area contributed by atoms with Gasteiger partial charge >= 0.3 is 0 Å². The minimum absolute atomic E-state index is 0.0371. The van der Waals surface area contributed by atoms with E-state index in [4.69, 9.17) is 9.72 Å². The number of rotatable bonds is 10. The van der Waals surface area contributed by atoms with Crippen molar-refractivity contribution >= 4 is 49.3 Å². The van der Waals surface area contributed by atoms with Crippen molar-refractivity contribution in [3.63, 3.8) is 0 Å². The van der Waals surface area contributed by atoms with Gasteiger partial charge in [0.15, 0.2) is 5.16 Å². The maximum atomic E-state index is 13.4. The smallest absolute Gasteiger partial charge is 0.272 e. The van der Waals surface area contributed by atoms with Crippen LogP contribution in [0.4, 0.5) is 0 Å². The molecule has 0 spiro atoms. The molecule has 0 saturated heterocycles. The SMILES string of the molecule is CC[C@@H](Sc1nc2c(sc3ccccc32)c(=O)n1CCCOC)C(=O)N(CC)CC. The van der Waals surface area contributed by atoms with E-state index in [1.165, 1.54) is 23.1 Å². The molecular weight excluding hydrogens is 418 g/mol. The van der Waals surface area contributed by atoms with Crippen LogP contribution in [0, 0.1) is 0 Å². The molecule has 1 atom stereocenters. The van der Waals surface area contributed by atoms with Gasteiger partial charge in [-0.2, -0.15) is 0 Å². The fourth-order valence-electron chi connectivity index (χ4n) is 3.48. The average molecular weight is 448 g/mol. The Balaban J connectivity index is 2.09. The fraction of sp³-hybridized carbons (Fsp3) is 0.500. The second kappa shape index (κ2) is 10.4. The molecule has 2 aromatic heterocycles. The molecule has 3 rings (SSSR count). The van der Waals surface area contributed by atoms with Crippen LogP contribution in [0.25, 0.3) is 20.3 Å². The van der Waals surface area contributed by atoms with E-state index in [0.29, 0.717) is 48.9 Å². The van der Waals surface area contributed by atoms with Crippen LogP contribution in [0.3, 0.4) is 0 Å². The number of aromatic nitrogens is 2. The predicted octanol–water partition coefficient (Wildman–Crippen LogP) is 4.39. The molecule has 0 radical (unpaired) electrons. The lowest BCUT2D eigenvalue weighted by Gasteiger charge is -2.24. The van der Waals surface area contributed by atoms with E-state index in [1.54, 1.807) is 11.7 Å². The van der Waals surface area contributed by atoms with Crippen LogP contribution >= 0.6 is 23.1 Å². The second-order valence-corrected chi connectivity index (χ2v) is 9.22. The Bertz CT molecular complexity index is 1070. The number of ether oxygens (including phenoxy) is 1. The summed E-state index contributed by atoms with van der Waals surface area (Å²) in [6.07, 6.45) is 1.39. The van der Waals surface area contributed by atoms with Gasteiger partial charge in [-0.1, -0.05) is 36.9 Å². The summed E-state index contributed by atoms with van der Waals surface area (Å²) in [5.74, 6) is 0.0977. The molecular formula is C22H29N3O3S2. The minimum Gasteiger partial charge on any atom is -0.385 e. The zero-order valence-electron chi connectivity index (χ0n) is 18.0. The maximum absolute atomic E-state index is 13.4. The molecule has 0 unspecified atom stereocenters. The quantitative estimate of drug-likeness (QED) is 0.262. The summed E-state index contributed by atoms with van der Waals surface area (Å²) in [5, 5.41) is 1.33. The van der Waals surface area contributed by atoms with Crippen molar-refractivity contribution < 1.29 is 9.53 Å². The number of hydrogen-bond donors (Lipinski definition) is 0. The van der Waals surface area contributed by atoms with E-state index >= 15 is 0 Å². The van der Waals surface area contributed by atoms with Gasteiger partial charge in [0.05, 0.1) is 10.8 Å². The molecule has 0 N–H and O–H groups in total.